The van der Waals surface area contributed by atoms with Gasteiger partial charge in [0.05, 0.1) is 13.2 Å². The van der Waals surface area contributed by atoms with Crippen LogP contribution >= 0.6 is 0 Å². The number of nitrogens with zero attached hydrogens (tertiary/aromatic N) is 2. The monoisotopic (exact) mass is 334 g/mol. The highest BCUT2D eigenvalue weighted by Gasteiger charge is 2.22. The summed E-state index contributed by atoms with van der Waals surface area (Å²) in [6, 6.07) is 7.21. The van der Waals surface area contributed by atoms with E-state index in [2.05, 4.69) is 15.5 Å². The van der Waals surface area contributed by atoms with Crippen molar-refractivity contribution in [1.82, 2.24) is 15.1 Å². The lowest BCUT2D eigenvalue weighted by Crippen LogP contribution is -2.52. The van der Waals surface area contributed by atoms with E-state index in [1.54, 1.807) is 4.90 Å². The van der Waals surface area contributed by atoms with E-state index in [4.69, 9.17) is 4.74 Å². The van der Waals surface area contributed by atoms with Crippen molar-refractivity contribution in [3.8, 4) is 5.75 Å². The molecule has 7 nitrogen and oxygen atoms in total. The molecule has 1 fully saturated rings. The van der Waals surface area contributed by atoms with E-state index in [1.807, 2.05) is 38.1 Å². The Morgan fingerprint density at radius 3 is 2.33 bits per heavy atom. The maximum Gasteiger partial charge on any atom is 0.321 e. The van der Waals surface area contributed by atoms with Crippen molar-refractivity contribution in [3.05, 3.63) is 24.3 Å². The lowest BCUT2D eigenvalue weighted by molar-refractivity contribution is -0.122. The van der Waals surface area contributed by atoms with Crippen molar-refractivity contribution in [2.24, 2.45) is 0 Å². The molecule has 0 aliphatic carbocycles. The van der Waals surface area contributed by atoms with E-state index in [0.29, 0.717) is 45.9 Å². The summed E-state index contributed by atoms with van der Waals surface area (Å²) in [4.78, 5) is 27.7. The Labute approximate surface area is 142 Å². The molecule has 1 aliphatic rings. The van der Waals surface area contributed by atoms with Crippen LogP contribution in [0.2, 0.25) is 0 Å². The standard InChI is InChI=1S/C17H26N4O3/c1-3-18-16(22)13-20-9-11-21(12-10-20)17(23)19-14-5-7-15(8-6-14)24-4-2/h5-8H,3-4,9-13H2,1-2H3,(H,18,22)(H,19,23). The molecule has 0 saturated carbocycles. The zero-order valence-electron chi connectivity index (χ0n) is 14.4. The summed E-state index contributed by atoms with van der Waals surface area (Å²) in [6.07, 6.45) is 0. The van der Waals surface area contributed by atoms with Crippen molar-refractivity contribution in [1.29, 1.82) is 0 Å². The third-order valence-electron chi connectivity index (χ3n) is 3.82. The fourth-order valence-electron chi connectivity index (χ4n) is 2.57. The molecule has 2 rings (SSSR count). The Morgan fingerprint density at radius 2 is 1.75 bits per heavy atom. The van der Waals surface area contributed by atoms with Gasteiger partial charge in [-0.2, -0.15) is 0 Å². The number of piperazine rings is 1. The summed E-state index contributed by atoms with van der Waals surface area (Å²) in [7, 11) is 0. The predicted molar refractivity (Wildman–Crippen MR) is 93.3 cm³/mol. The van der Waals surface area contributed by atoms with Gasteiger partial charge in [-0.25, -0.2) is 4.79 Å². The SMILES string of the molecule is CCNC(=O)CN1CCN(C(=O)Nc2ccc(OCC)cc2)CC1. The summed E-state index contributed by atoms with van der Waals surface area (Å²) in [5.41, 5.74) is 0.744. The van der Waals surface area contributed by atoms with Gasteiger partial charge >= 0.3 is 6.03 Å². The van der Waals surface area contributed by atoms with Crippen molar-refractivity contribution in [2.45, 2.75) is 13.8 Å². The molecule has 132 valence electrons. The topological polar surface area (TPSA) is 73.9 Å². The molecule has 24 heavy (non-hydrogen) atoms. The second-order valence-corrected chi connectivity index (χ2v) is 5.60. The number of carbonyl (C=O) groups is 2. The van der Waals surface area contributed by atoms with Gasteiger partial charge in [0.1, 0.15) is 5.75 Å². The molecule has 3 amide bonds. The van der Waals surface area contributed by atoms with Crippen LogP contribution in [-0.4, -0.2) is 67.6 Å². The van der Waals surface area contributed by atoms with Crippen LogP contribution in [0.1, 0.15) is 13.8 Å². The van der Waals surface area contributed by atoms with Crippen molar-refractivity contribution in [2.75, 3.05) is 51.2 Å². The average molecular weight is 334 g/mol. The third kappa shape index (κ3) is 5.42. The van der Waals surface area contributed by atoms with Crippen molar-refractivity contribution in [3.63, 3.8) is 0 Å². The molecular weight excluding hydrogens is 308 g/mol. The van der Waals surface area contributed by atoms with E-state index >= 15 is 0 Å². The molecule has 1 saturated heterocycles. The summed E-state index contributed by atoms with van der Waals surface area (Å²) in [5, 5.41) is 5.68. The van der Waals surface area contributed by atoms with E-state index in [1.165, 1.54) is 0 Å². The van der Waals surface area contributed by atoms with Crippen LogP contribution < -0.4 is 15.4 Å². The molecule has 1 aromatic carbocycles. The van der Waals surface area contributed by atoms with Crippen LogP contribution in [0.4, 0.5) is 10.5 Å². The molecule has 2 N–H and O–H groups in total. The van der Waals surface area contributed by atoms with Crippen LogP contribution in [0.25, 0.3) is 0 Å². The summed E-state index contributed by atoms with van der Waals surface area (Å²) in [6.45, 7) is 8.12. The van der Waals surface area contributed by atoms with Crippen LogP contribution in [0.5, 0.6) is 5.75 Å². The summed E-state index contributed by atoms with van der Waals surface area (Å²) in [5.74, 6) is 0.819. The molecule has 0 aromatic heterocycles. The average Bonchev–Trinajstić information content (AvgIpc) is 2.57. The quantitative estimate of drug-likeness (QED) is 0.824. The smallest absolute Gasteiger partial charge is 0.321 e. The summed E-state index contributed by atoms with van der Waals surface area (Å²) < 4.78 is 5.38. The fourth-order valence-corrected chi connectivity index (χ4v) is 2.57. The van der Waals surface area contributed by atoms with Gasteiger partial charge in [0.25, 0.3) is 0 Å². The Balaban J connectivity index is 1.77. The number of rotatable bonds is 6. The zero-order valence-corrected chi connectivity index (χ0v) is 14.4. The Morgan fingerprint density at radius 1 is 1.08 bits per heavy atom. The molecule has 7 heteroatoms. The van der Waals surface area contributed by atoms with Crippen molar-refractivity contribution >= 4 is 17.6 Å². The number of likely N-dealkylation sites (N-methyl/N-ethyl adjacent to an activating group) is 1. The molecule has 0 spiro atoms. The number of carbonyl (C=O) groups excluding carboxylic acids is 2. The Bertz CT molecular complexity index is 539. The minimum absolute atomic E-state index is 0.0322. The molecule has 1 aliphatic heterocycles. The lowest BCUT2D eigenvalue weighted by atomic mass is 10.3. The second-order valence-electron chi connectivity index (χ2n) is 5.60. The number of nitrogens with one attached hydrogen (secondary N) is 2. The Hall–Kier alpha value is -2.28. The van der Waals surface area contributed by atoms with Crippen LogP contribution in [0.15, 0.2) is 24.3 Å². The normalized spacial score (nSPS) is 15.0. The molecule has 0 atom stereocenters. The predicted octanol–water partition coefficient (Wildman–Crippen LogP) is 1.37. The largest absolute Gasteiger partial charge is 0.494 e. The van der Waals surface area contributed by atoms with Gasteiger partial charge < -0.3 is 20.3 Å². The van der Waals surface area contributed by atoms with Gasteiger partial charge in [-0.05, 0) is 38.1 Å². The van der Waals surface area contributed by atoms with E-state index in [-0.39, 0.29) is 11.9 Å². The number of anilines is 1. The molecule has 1 aromatic rings. The summed E-state index contributed by atoms with van der Waals surface area (Å²) >= 11 is 0. The minimum Gasteiger partial charge on any atom is -0.494 e. The number of ether oxygens (including phenoxy) is 1. The highest BCUT2D eigenvalue weighted by atomic mass is 16.5. The number of urea groups is 1. The number of amides is 3. The maximum absolute atomic E-state index is 12.3. The number of hydrogen-bond acceptors (Lipinski definition) is 4. The van der Waals surface area contributed by atoms with E-state index in [0.717, 1.165) is 11.4 Å². The number of benzene rings is 1. The second kappa shape index (κ2) is 9.12. The first-order valence-corrected chi connectivity index (χ1v) is 8.40. The van der Waals surface area contributed by atoms with Crippen LogP contribution in [0, 0.1) is 0 Å². The van der Waals surface area contributed by atoms with Gasteiger partial charge in [-0.3, -0.25) is 9.69 Å². The van der Waals surface area contributed by atoms with Gasteiger partial charge in [-0.15, -0.1) is 0 Å². The molecule has 1 heterocycles. The zero-order chi connectivity index (χ0) is 17.4. The van der Waals surface area contributed by atoms with E-state index < -0.39 is 0 Å². The first-order valence-electron chi connectivity index (χ1n) is 8.40. The lowest BCUT2D eigenvalue weighted by Gasteiger charge is -2.34. The number of hydrogen-bond donors (Lipinski definition) is 2. The van der Waals surface area contributed by atoms with Crippen LogP contribution in [0.3, 0.4) is 0 Å². The fraction of sp³-hybridized carbons (Fsp3) is 0.529. The first kappa shape index (κ1) is 18.1. The van der Waals surface area contributed by atoms with Gasteiger partial charge in [-0.1, -0.05) is 0 Å². The van der Waals surface area contributed by atoms with Crippen LogP contribution in [-0.2, 0) is 4.79 Å². The highest BCUT2D eigenvalue weighted by molar-refractivity contribution is 5.89. The molecule has 0 radical (unpaired) electrons. The third-order valence-corrected chi connectivity index (χ3v) is 3.82. The van der Waals surface area contributed by atoms with Gasteiger partial charge in [0.2, 0.25) is 5.91 Å². The van der Waals surface area contributed by atoms with E-state index in [9.17, 15) is 9.59 Å². The minimum atomic E-state index is -0.114. The maximum atomic E-state index is 12.3. The van der Waals surface area contributed by atoms with Gasteiger partial charge in [0, 0.05) is 38.4 Å². The molecular formula is C17H26N4O3. The molecule has 0 bridgehead atoms. The van der Waals surface area contributed by atoms with Crippen molar-refractivity contribution < 1.29 is 14.3 Å². The first-order chi connectivity index (χ1) is 11.6. The Kier molecular flexibility index (Phi) is 6.87. The highest BCUT2D eigenvalue weighted by Crippen LogP contribution is 2.16. The van der Waals surface area contributed by atoms with Gasteiger partial charge in [0.15, 0.2) is 0 Å². The molecule has 0 unspecified atom stereocenters.